The monoisotopic (exact) mass is 402 g/mol. The maximum atomic E-state index is 12.7. The van der Waals surface area contributed by atoms with Crippen molar-refractivity contribution >= 4 is 23.3 Å². The number of amides is 2. The van der Waals surface area contributed by atoms with Gasteiger partial charge in [0, 0.05) is 19.7 Å². The van der Waals surface area contributed by atoms with Crippen LogP contribution in [0.2, 0.25) is 5.02 Å². The highest BCUT2D eigenvalue weighted by molar-refractivity contribution is 6.33. The average molecular weight is 403 g/mol. The fraction of sp³-hybridized carbons (Fsp3) is 0.696. The predicted molar refractivity (Wildman–Crippen MR) is 112 cm³/mol. The van der Waals surface area contributed by atoms with Crippen molar-refractivity contribution in [3.8, 4) is 0 Å². The van der Waals surface area contributed by atoms with Gasteiger partial charge in [0.05, 0.1) is 10.7 Å². The first-order valence-electron chi connectivity index (χ1n) is 11.0. The number of aliphatic hydroxyl groups excluding tert-OH is 1. The van der Waals surface area contributed by atoms with Crippen LogP contribution in [0.25, 0.3) is 0 Å². The lowest BCUT2D eigenvalue weighted by atomic mass is 9.48. The topological polar surface area (TPSA) is 52.6 Å². The molecule has 1 aromatic carbocycles. The van der Waals surface area contributed by atoms with E-state index in [0.717, 1.165) is 37.1 Å². The SMILES string of the molecule is O=C(Nc1ccc(C23CC4CC(CC(C4)C2)C3)cc1Cl)N1CCCC(CO)C1. The summed E-state index contributed by atoms with van der Waals surface area (Å²) < 4.78 is 0. The van der Waals surface area contributed by atoms with Gasteiger partial charge in [0.25, 0.3) is 0 Å². The summed E-state index contributed by atoms with van der Waals surface area (Å²) in [6.45, 7) is 1.50. The largest absolute Gasteiger partial charge is 0.396 e. The average Bonchev–Trinajstić information content (AvgIpc) is 2.68. The standard InChI is InChI=1S/C23H31ClN2O2/c24-20-9-19(23-10-16-6-17(11-23)8-18(7-16)12-23)3-4-21(20)25-22(28)26-5-1-2-15(13-26)14-27/h3-4,9,15-18,27H,1-2,5-8,10-14H2,(H,25,28). The van der Waals surface area contributed by atoms with Gasteiger partial charge in [-0.05, 0) is 98.1 Å². The number of nitrogens with one attached hydrogen (secondary N) is 1. The molecule has 0 radical (unpaired) electrons. The molecule has 2 N–H and O–H groups in total. The smallest absolute Gasteiger partial charge is 0.321 e. The van der Waals surface area contributed by atoms with Gasteiger partial charge in [0.15, 0.2) is 0 Å². The summed E-state index contributed by atoms with van der Waals surface area (Å²) in [7, 11) is 0. The van der Waals surface area contributed by atoms with Gasteiger partial charge in [0.2, 0.25) is 0 Å². The molecule has 1 aromatic rings. The van der Waals surface area contributed by atoms with E-state index in [4.69, 9.17) is 11.6 Å². The first kappa shape index (κ1) is 18.7. The second-order valence-corrected chi connectivity index (χ2v) is 10.4. The molecule has 5 fully saturated rings. The highest BCUT2D eigenvalue weighted by Crippen LogP contribution is 2.61. The lowest BCUT2D eigenvalue weighted by molar-refractivity contribution is -0.00517. The molecule has 4 saturated carbocycles. The molecule has 6 rings (SSSR count). The molecule has 0 aromatic heterocycles. The maximum absolute atomic E-state index is 12.7. The number of likely N-dealkylation sites (tertiary alicyclic amines) is 1. The second-order valence-electron chi connectivity index (χ2n) is 9.96. The van der Waals surface area contributed by atoms with Crippen molar-refractivity contribution in [3.05, 3.63) is 28.8 Å². The third-order valence-corrected chi connectivity index (χ3v) is 8.24. The first-order valence-corrected chi connectivity index (χ1v) is 11.4. The Kier molecular flexibility index (Phi) is 4.83. The summed E-state index contributed by atoms with van der Waals surface area (Å²) >= 11 is 6.64. The van der Waals surface area contributed by atoms with Crippen LogP contribution in [0.4, 0.5) is 10.5 Å². The number of aliphatic hydroxyl groups is 1. The number of hydrogen-bond donors (Lipinski definition) is 2. The van der Waals surface area contributed by atoms with Crippen LogP contribution in [0.3, 0.4) is 0 Å². The van der Waals surface area contributed by atoms with E-state index >= 15 is 0 Å². The summed E-state index contributed by atoms with van der Waals surface area (Å²) in [6.07, 6.45) is 10.2. The summed E-state index contributed by atoms with van der Waals surface area (Å²) in [5, 5.41) is 13.0. The fourth-order valence-corrected chi connectivity index (χ4v) is 7.23. The molecule has 1 unspecified atom stereocenters. The summed E-state index contributed by atoms with van der Waals surface area (Å²) in [5.74, 6) is 2.90. The Morgan fingerprint density at radius 2 is 1.86 bits per heavy atom. The number of urea groups is 1. The normalized spacial score (nSPS) is 36.6. The summed E-state index contributed by atoms with van der Waals surface area (Å²) in [4.78, 5) is 14.5. The Bertz CT molecular complexity index is 730. The molecule has 1 aliphatic heterocycles. The molecule has 1 saturated heterocycles. The van der Waals surface area contributed by atoms with Crippen LogP contribution in [0.1, 0.15) is 56.9 Å². The number of piperidine rings is 1. The number of carbonyl (C=O) groups is 1. The van der Waals surface area contributed by atoms with Crippen molar-refractivity contribution in [2.75, 3.05) is 25.0 Å². The zero-order valence-electron chi connectivity index (χ0n) is 16.5. The number of hydrogen-bond acceptors (Lipinski definition) is 2. The van der Waals surface area contributed by atoms with E-state index in [1.165, 1.54) is 44.1 Å². The van der Waals surface area contributed by atoms with E-state index in [2.05, 4.69) is 17.4 Å². The van der Waals surface area contributed by atoms with Gasteiger partial charge in [-0.15, -0.1) is 0 Å². The minimum atomic E-state index is -0.109. The zero-order chi connectivity index (χ0) is 19.3. The molecule has 5 aliphatic rings. The van der Waals surface area contributed by atoms with E-state index in [1.54, 1.807) is 4.90 Å². The molecule has 152 valence electrons. The van der Waals surface area contributed by atoms with Crippen LogP contribution in [-0.4, -0.2) is 35.7 Å². The Hall–Kier alpha value is -1.26. The van der Waals surface area contributed by atoms with Gasteiger partial charge < -0.3 is 15.3 Å². The summed E-state index contributed by atoms with van der Waals surface area (Å²) in [6, 6.07) is 6.22. The molecule has 4 nitrogen and oxygen atoms in total. The van der Waals surface area contributed by atoms with Crippen molar-refractivity contribution in [1.82, 2.24) is 4.90 Å². The van der Waals surface area contributed by atoms with E-state index in [-0.39, 0.29) is 18.6 Å². The highest BCUT2D eigenvalue weighted by Gasteiger charge is 2.51. The Morgan fingerprint density at radius 3 is 2.46 bits per heavy atom. The van der Waals surface area contributed by atoms with Crippen LogP contribution in [0.15, 0.2) is 18.2 Å². The molecule has 4 aliphatic carbocycles. The lowest BCUT2D eigenvalue weighted by Gasteiger charge is -2.57. The van der Waals surface area contributed by atoms with Gasteiger partial charge in [0.1, 0.15) is 0 Å². The highest BCUT2D eigenvalue weighted by atomic mass is 35.5. The van der Waals surface area contributed by atoms with Crippen LogP contribution >= 0.6 is 11.6 Å². The first-order chi connectivity index (χ1) is 13.5. The second kappa shape index (κ2) is 7.21. The molecule has 0 spiro atoms. The summed E-state index contributed by atoms with van der Waals surface area (Å²) in [5.41, 5.74) is 2.40. The molecule has 1 heterocycles. The minimum Gasteiger partial charge on any atom is -0.396 e. The molecular weight excluding hydrogens is 372 g/mol. The van der Waals surface area contributed by atoms with Crippen molar-refractivity contribution in [2.24, 2.45) is 23.7 Å². The number of halogens is 1. The van der Waals surface area contributed by atoms with Gasteiger partial charge in [-0.25, -0.2) is 4.79 Å². The van der Waals surface area contributed by atoms with Gasteiger partial charge in [-0.2, -0.15) is 0 Å². The molecule has 5 heteroatoms. The van der Waals surface area contributed by atoms with Gasteiger partial charge in [-0.1, -0.05) is 17.7 Å². The van der Waals surface area contributed by atoms with Crippen molar-refractivity contribution in [1.29, 1.82) is 0 Å². The van der Waals surface area contributed by atoms with E-state index in [9.17, 15) is 9.90 Å². The maximum Gasteiger partial charge on any atom is 0.321 e. The molecule has 28 heavy (non-hydrogen) atoms. The predicted octanol–water partition coefficient (Wildman–Crippen LogP) is 5.04. The number of nitrogens with zero attached hydrogens (tertiary/aromatic N) is 1. The number of anilines is 1. The van der Waals surface area contributed by atoms with Crippen LogP contribution in [-0.2, 0) is 5.41 Å². The molecule has 4 bridgehead atoms. The third kappa shape index (κ3) is 3.33. The number of rotatable bonds is 3. The Labute approximate surface area is 172 Å². The third-order valence-electron chi connectivity index (χ3n) is 7.93. The molecule has 1 atom stereocenters. The van der Waals surface area contributed by atoms with Gasteiger partial charge >= 0.3 is 6.03 Å². The van der Waals surface area contributed by atoms with Crippen LogP contribution < -0.4 is 5.32 Å². The van der Waals surface area contributed by atoms with E-state index in [1.807, 2.05) is 6.07 Å². The molecular formula is C23H31ClN2O2. The number of benzene rings is 1. The Balaban J connectivity index is 1.31. The van der Waals surface area contributed by atoms with Gasteiger partial charge in [-0.3, -0.25) is 0 Å². The quantitative estimate of drug-likeness (QED) is 0.743. The minimum absolute atomic E-state index is 0.109. The van der Waals surface area contributed by atoms with Crippen LogP contribution in [0.5, 0.6) is 0 Å². The van der Waals surface area contributed by atoms with E-state index in [0.29, 0.717) is 22.7 Å². The number of carbonyl (C=O) groups excluding carboxylic acids is 1. The van der Waals surface area contributed by atoms with Crippen molar-refractivity contribution in [2.45, 2.75) is 56.8 Å². The van der Waals surface area contributed by atoms with E-state index < -0.39 is 0 Å². The lowest BCUT2D eigenvalue weighted by Crippen LogP contribution is -2.48. The van der Waals surface area contributed by atoms with Crippen LogP contribution in [0, 0.1) is 23.7 Å². The van der Waals surface area contributed by atoms with Crippen molar-refractivity contribution < 1.29 is 9.90 Å². The van der Waals surface area contributed by atoms with Crippen molar-refractivity contribution in [3.63, 3.8) is 0 Å². The Morgan fingerprint density at radius 1 is 1.18 bits per heavy atom. The molecule has 2 amide bonds. The fourth-order valence-electron chi connectivity index (χ4n) is 7.00. The zero-order valence-corrected chi connectivity index (χ0v) is 17.3.